The first kappa shape index (κ1) is 9.15. The molecule has 0 saturated heterocycles. The van der Waals surface area contributed by atoms with Crippen LogP contribution >= 0.6 is 11.3 Å². The Morgan fingerprint density at radius 1 is 1.83 bits per heavy atom. The average molecular weight is 186 g/mol. The Balaban J connectivity index is 2.87. The Labute approximate surface area is 74.5 Å². The largest absolute Gasteiger partial charge is 0.399 e. The molecule has 0 fully saturated rings. The first-order valence-corrected chi connectivity index (χ1v) is 4.29. The van der Waals surface area contributed by atoms with E-state index in [9.17, 15) is 0 Å². The Morgan fingerprint density at radius 3 is 3.00 bits per heavy atom. The first-order chi connectivity index (χ1) is 5.77. The van der Waals surface area contributed by atoms with Crippen LogP contribution in [0.25, 0.3) is 0 Å². The monoisotopic (exact) mass is 186 g/mol. The molecule has 0 spiro atoms. The summed E-state index contributed by atoms with van der Waals surface area (Å²) in [4.78, 5) is 8.70. The molecule has 0 saturated carbocycles. The molecule has 5 heteroatoms. The van der Waals surface area contributed by atoms with Crippen LogP contribution in [0.1, 0.15) is 10.7 Å². The lowest BCUT2D eigenvalue weighted by Gasteiger charge is -1.95. The summed E-state index contributed by atoms with van der Waals surface area (Å²) in [6.45, 7) is 1.74. The van der Waals surface area contributed by atoms with Crippen LogP contribution in [-0.4, -0.2) is 29.5 Å². The van der Waals surface area contributed by atoms with Gasteiger partial charge < -0.3 is 9.94 Å². The van der Waals surface area contributed by atoms with Crippen LogP contribution in [0.4, 0.5) is 0 Å². The lowest BCUT2D eigenvalue weighted by atomic mass is 10.3. The highest BCUT2D eigenvalue weighted by atomic mass is 32.1. The number of hydrogen-bond acceptors (Lipinski definition) is 5. The van der Waals surface area contributed by atoms with E-state index in [1.54, 1.807) is 0 Å². The van der Waals surface area contributed by atoms with Crippen molar-refractivity contribution in [2.75, 3.05) is 13.7 Å². The van der Waals surface area contributed by atoms with Gasteiger partial charge in [0.2, 0.25) is 0 Å². The Hall–Kier alpha value is -0.940. The Morgan fingerprint density at radius 2 is 2.58 bits per heavy atom. The van der Waals surface area contributed by atoms with E-state index in [-0.39, 0.29) is 6.61 Å². The number of aliphatic hydroxyl groups is 1. The van der Waals surface area contributed by atoms with E-state index in [4.69, 9.17) is 5.11 Å². The van der Waals surface area contributed by atoms with E-state index in [0.29, 0.717) is 11.4 Å². The minimum absolute atomic E-state index is 0.156. The van der Waals surface area contributed by atoms with Gasteiger partial charge in [-0.3, -0.25) is 0 Å². The topological polar surface area (TPSA) is 54.7 Å². The predicted octanol–water partition coefficient (Wildman–Crippen LogP) is 0.794. The maximum Gasteiger partial charge on any atom is 0.131 e. The second kappa shape index (κ2) is 4.18. The summed E-state index contributed by atoms with van der Waals surface area (Å²) in [5.74, 6) is 0. The molecular weight excluding hydrogens is 176 g/mol. The van der Waals surface area contributed by atoms with Gasteiger partial charge in [-0.25, -0.2) is 4.98 Å². The van der Waals surface area contributed by atoms with E-state index >= 15 is 0 Å². The molecule has 0 aliphatic rings. The molecule has 1 heterocycles. The fourth-order valence-corrected chi connectivity index (χ4v) is 1.38. The first-order valence-electron chi connectivity index (χ1n) is 3.41. The number of thiazole rings is 1. The zero-order valence-electron chi connectivity index (χ0n) is 6.94. The number of oxime groups is 1. The number of hydrogen-bond donors (Lipinski definition) is 1. The van der Waals surface area contributed by atoms with Crippen molar-refractivity contribution in [2.24, 2.45) is 5.16 Å². The summed E-state index contributed by atoms with van der Waals surface area (Å²) >= 11 is 1.52. The number of aryl methyl sites for hydroxylation is 1. The van der Waals surface area contributed by atoms with Gasteiger partial charge in [-0.05, 0) is 6.92 Å². The summed E-state index contributed by atoms with van der Waals surface area (Å²) in [6, 6.07) is 0. The zero-order chi connectivity index (χ0) is 8.97. The van der Waals surface area contributed by atoms with Gasteiger partial charge in [0, 0.05) is 5.38 Å². The van der Waals surface area contributed by atoms with Crippen molar-refractivity contribution >= 4 is 17.0 Å². The highest BCUT2D eigenvalue weighted by molar-refractivity contribution is 7.09. The third-order valence-electron chi connectivity index (χ3n) is 1.27. The van der Waals surface area contributed by atoms with Crippen molar-refractivity contribution in [2.45, 2.75) is 6.92 Å². The number of rotatable bonds is 3. The van der Waals surface area contributed by atoms with Crippen molar-refractivity contribution in [1.82, 2.24) is 4.98 Å². The van der Waals surface area contributed by atoms with Gasteiger partial charge >= 0.3 is 0 Å². The minimum atomic E-state index is -0.156. The molecule has 0 aliphatic carbocycles. The van der Waals surface area contributed by atoms with Crippen molar-refractivity contribution in [1.29, 1.82) is 0 Å². The van der Waals surface area contributed by atoms with Crippen molar-refractivity contribution in [3.05, 3.63) is 16.1 Å². The van der Waals surface area contributed by atoms with E-state index in [2.05, 4.69) is 15.0 Å². The van der Waals surface area contributed by atoms with Crippen LogP contribution in [0.15, 0.2) is 10.5 Å². The zero-order valence-corrected chi connectivity index (χ0v) is 7.76. The maximum absolute atomic E-state index is 8.87. The molecule has 0 atom stereocenters. The Kier molecular flexibility index (Phi) is 3.19. The highest BCUT2D eigenvalue weighted by Gasteiger charge is 2.06. The standard InChI is InChI=1S/C7H10N2O2S/c1-5-8-7(4-12-5)6(3-10)9-11-2/h4,10H,3H2,1-2H3/b9-6-. The van der Waals surface area contributed by atoms with Crippen molar-refractivity contribution in [3.63, 3.8) is 0 Å². The van der Waals surface area contributed by atoms with Gasteiger partial charge in [0.1, 0.15) is 18.5 Å². The molecule has 1 aromatic heterocycles. The van der Waals surface area contributed by atoms with Gasteiger partial charge in [0.15, 0.2) is 0 Å². The quantitative estimate of drug-likeness (QED) is 0.561. The van der Waals surface area contributed by atoms with Gasteiger partial charge in [-0.2, -0.15) is 0 Å². The van der Waals surface area contributed by atoms with Gasteiger partial charge in [0.25, 0.3) is 0 Å². The van der Waals surface area contributed by atoms with Crippen LogP contribution in [0.2, 0.25) is 0 Å². The summed E-state index contributed by atoms with van der Waals surface area (Å²) in [7, 11) is 1.44. The van der Waals surface area contributed by atoms with Crippen LogP contribution in [0, 0.1) is 6.92 Å². The lowest BCUT2D eigenvalue weighted by Crippen LogP contribution is -2.07. The third-order valence-corrected chi connectivity index (χ3v) is 2.04. The molecule has 12 heavy (non-hydrogen) atoms. The lowest BCUT2D eigenvalue weighted by molar-refractivity contribution is 0.209. The van der Waals surface area contributed by atoms with Gasteiger partial charge in [-0.15, -0.1) is 11.3 Å². The number of aromatic nitrogens is 1. The molecule has 66 valence electrons. The Bertz CT molecular complexity index is 283. The second-order valence-corrected chi connectivity index (χ2v) is 3.19. The van der Waals surface area contributed by atoms with Crippen molar-refractivity contribution in [3.8, 4) is 0 Å². The summed E-state index contributed by atoms with van der Waals surface area (Å²) in [5.41, 5.74) is 1.14. The smallest absolute Gasteiger partial charge is 0.131 e. The molecule has 0 unspecified atom stereocenters. The van der Waals surface area contributed by atoms with Crippen LogP contribution in [0.5, 0.6) is 0 Å². The van der Waals surface area contributed by atoms with E-state index in [0.717, 1.165) is 5.01 Å². The van der Waals surface area contributed by atoms with Crippen LogP contribution < -0.4 is 0 Å². The van der Waals surface area contributed by atoms with Crippen LogP contribution in [0.3, 0.4) is 0 Å². The molecule has 4 nitrogen and oxygen atoms in total. The minimum Gasteiger partial charge on any atom is -0.399 e. The number of aliphatic hydroxyl groups excluding tert-OH is 1. The van der Waals surface area contributed by atoms with Gasteiger partial charge in [0.05, 0.1) is 11.6 Å². The molecular formula is C7H10N2O2S. The summed E-state index contributed by atoms with van der Waals surface area (Å²) in [5, 5.41) is 15.3. The molecule has 0 aromatic carbocycles. The third kappa shape index (κ3) is 2.02. The van der Waals surface area contributed by atoms with Crippen LogP contribution in [-0.2, 0) is 4.84 Å². The molecule has 1 N–H and O–H groups in total. The molecule has 0 radical (unpaired) electrons. The maximum atomic E-state index is 8.87. The van der Waals surface area contributed by atoms with E-state index < -0.39 is 0 Å². The molecule has 1 rings (SSSR count). The molecule has 1 aromatic rings. The predicted molar refractivity (Wildman–Crippen MR) is 47.5 cm³/mol. The van der Waals surface area contributed by atoms with Crippen molar-refractivity contribution < 1.29 is 9.94 Å². The average Bonchev–Trinajstić information content (AvgIpc) is 2.47. The fraction of sp³-hybridized carbons (Fsp3) is 0.429. The molecule has 0 bridgehead atoms. The number of nitrogens with zero attached hydrogens (tertiary/aromatic N) is 2. The fourth-order valence-electron chi connectivity index (χ4n) is 0.763. The second-order valence-electron chi connectivity index (χ2n) is 2.13. The summed E-state index contributed by atoms with van der Waals surface area (Å²) < 4.78 is 0. The molecule has 0 aliphatic heterocycles. The normalized spacial score (nSPS) is 11.8. The van der Waals surface area contributed by atoms with E-state index in [1.165, 1.54) is 18.4 Å². The highest BCUT2D eigenvalue weighted by Crippen LogP contribution is 2.08. The SMILES string of the molecule is CO/N=C(/CO)c1csc(C)n1. The summed E-state index contributed by atoms with van der Waals surface area (Å²) in [6.07, 6.45) is 0. The van der Waals surface area contributed by atoms with E-state index in [1.807, 2.05) is 12.3 Å². The molecule has 0 amide bonds. The van der Waals surface area contributed by atoms with Gasteiger partial charge in [-0.1, -0.05) is 5.16 Å².